The SMILES string of the molecule is CCOC(=O)C1CCCN(c2c(N3CCN(c4ccccc4OC)CC3)c(=O)c2=O)C1. The molecule has 0 aromatic heterocycles. The third-order valence-corrected chi connectivity index (χ3v) is 6.24. The van der Waals surface area contributed by atoms with Crippen LogP contribution in [0.2, 0.25) is 0 Å². The number of carbonyl (C=O) groups is 1. The maximum atomic E-state index is 12.5. The standard InChI is InChI=1S/C23H29N3O5/c1-3-31-23(29)16-7-6-10-26(15-16)20-19(21(27)22(20)28)25-13-11-24(12-14-25)17-8-4-5-9-18(17)30-2/h4-5,8-9,16H,3,6-7,10-15H2,1-2H3. The molecule has 31 heavy (non-hydrogen) atoms. The normalized spacial score (nSPS) is 19.5. The number of benzene rings is 1. The fourth-order valence-corrected chi connectivity index (χ4v) is 4.65. The minimum atomic E-state index is -0.438. The molecule has 8 heteroatoms. The maximum absolute atomic E-state index is 12.5. The van der Waals surface area contributed by atoms with E-state index in [0.29, 0.717) is 44.2 Å². The summed E-state index contributed by atoms with van der Waals surface area (Å²) in [7, 11) is 1.66. The Bertz CT molecular complexity index is 1010. The van der Waals surface area contributed by atoms with Crippen LogP contribution in [-0.2, 0) is 9.53 Å². The quantitative estimate of drug-likeness (QED) is 0.506. The van der Waals surface area contributed by atoms with Crippen LogP contribution in [0.5, 0.6) is 5.75 Å². The molecular weight excluding hydrogens is 398 g/mol. The predicted octanol–water partition coefficient (Wildman–Crippen LogP) is 1.40. The lowest BCUT2D eigenvalue weighted by molar-refractivity contribution is -0.148. The number of nitrogens with zero attached hydrogens (tertiary/aromatic N) is 3. The lowest BCUT2D eigenvalue weighted by atomic mass is 9.96. The van der Waals surface area contributed by atoms with E-state index in [1.54, 1.807) is 14.0 Å². The molecule has 2 saturated heterocycles. The first-order chi connectivity index (χ1) is 15.0. The van der Waals surface area contributed by atoms with Gasteiger partial charge in [0, 0.05) is 39.3 Å². The summed E-state index contributed by atoms with van der Waals surface area (Å²) in [6.45, 7) is 5.98. The van der Waals surface area contributed by atoms with Gasteiger partial charge < -0.3 is 24.2 Å². The number of ether oxygens (including phenoxy) is 2. The van der Waals surface area contributed by atoms with Gasteiger partial charge in [0.2, 0.25) is 0 Å². The van der Waals surface area contributed by atoms with Crippen LogP contribution in [-0.4, -0.2) is 59.0 Å². The number of rotatable bonds is 6. The Balaban J connectivity index is 1.47. The number of methoxy groups -OCH3 is 1. The summed E-state index contributed by atoms with van der Waals surface area (Å²) in [4.78, 5) is 43.3. The summed E-state index contributed by atoms with van der Waals surface area (Å²) in [5, 5.41) is 0. The van der Waals surface area contributed by atoms with Crippen molar-refractivity contribution >= 4 is 23.0 Å². The van der Waals surface area contributed by atoms with Gasteiger partial charge in [0.15, 0.2) is 0 Å². The Kier molecular flexibility index (Phi) is 6.15. The van der Waals surface area contributed by atoms with E-state index in [9.17, 15) is 14.4 Å². The summed E-state index contributed by atoms with van der Waals surface area (Å²) in [6, 6.07) is 7.89. The van der Waals surface area contributed by atoms with E-state index in [2.05, 4.69) is 4.90 Å². The predicted molar refractivity (Wildman–Crippen MR) is 120 cm³/mol. The van der Waals surface area contributed by atoms with Crippen LogP contribution in [0.25, 0.3) is 0 Å². The van der Waals surface area contributed by atoms with Gasteiger partial charge in [0.05, 0.1) is 25.3 Å². The molecule has 2 aliphatic rings. The smallest absolute Gasteiger partial charge is 0.310 e. The minimum absolute atomic E-state index is 0.224. The van der Waals surface area contributed by atoms with Crippen molar-refractivity contribution < 1.29 is 14.3 Å². The zero-order valence-electron chi connectivity index (χ0n) is 18.1. The highest BCUT2D eigenvalue weighted by Crippen LogP contribution is 2.32. The molecule has 2 aliphatic heterocycles. The average molecular weight is 428 g/mol. The van der Waals surface area contributed by atoms with Crippen molar-refractivity contribution in [2.75, 3.05) is 67.7 Å². The largest absolute Gasteiger partial charge is 0.495 e. The molecule has 2 aromatic rings. The van der Waals surface area contributed by atoms with Crippen LogP contribution >= 0.6 is 0 Å². The topological polar surface area (TPSA) is 79.4 Å². The van der Waals surface area contributed by atoms with Crippen LogP contribution in [0.3, 0.4) is 0 Å². The van der Waals surface area contributed by atoms with Gasteiger partial charge >= 0.3 is 5.97 Å². The van der Waals surface area contributed by atoms with Crippen molar-refractivity contribution in [3.8, 4) is 5.75 Å². The van der Waals surface area contributed by atoms with Gasteiger partial charge in [0.1, 0.15) is 17.1 Å². The number of para-hydroxylation sites is 2. The van der Waals surface area contributed by atoms with Crippen LogP contribution in [0.4, 0.5) is 17.1 Å². The Morgan fingerprint density at radius 2 is 1.61 bits per heavy atom. The summed E-state index contributed by atoms with van der Waals surface area (Å²) >= 11 is 0. The van der Waals surface area contributed by atoms with E-state index < -0.39 is 10.9 Å². The van der Waals surface area contributed by atoms with Crippen LogP contribution in [0.1, 0.15) is 19.8 Å². The highest BCUT2D eigenvalue weighted by Gasteiger charge is 2.35. The number of esters is 1. The molecule has 1 unspecified atom stereocenters. The molecular formula is C23H29N3O5. The lowest BCUT2D eigenvalue weighted by Crippen LogP contribution is -2.54. The molecule has 0 aliphatic carbocycles. The lowest BCUT2D eigenvalue weighted by Gasteiger charge is -2.41. The van der Waals surface area contributed by atoms with Crippen LogP contribution in [0.15, 0.2) is 33.9 Å². The molecule has 4 rings (SSSR count). The second kappa shape index (κ2) is 8.99. The van der Waals surface area contributed by atoms with E-state index in [4.69, 9.17) is 9.47 Å². The van der Waals surface area contributed by atoms with E-state index in [1.165, 1.54) is 0 Å². The Hall–Kier alpha value is -3.03. The average Bonchev–Trinajstić information content (AvgIpc) is 2.82. The third-order valence-electron chi connectivity index (χ3n) is 6.24. The van der Waals surface area contributed by atoms with Crippen molar-refractivity contribution in [1.82, 2.24) is 0 Å². The Morgan fingerprint density at radius 1 is 0.968 bits per heavy atom. The van der Waals surface area contributed by atoms with Gasteiger partial charge in [-0.05, 0) is 31.9 Å². The van der Waals surface area contributed by atoms with E-state index in [0.717, 1.165) is 37.4 Å². The molecule has 166 valence electrons. The molecule has 0 radical (unpaired) electrons. The molecule has 0 saturated carbocycles. The van der Waals surface area contributed by atoms with E-state index in [-0.39, 0.29) is 11.9 Å². The Labute approximate surface area is 181 Å². The van der Waals surface area contributed by atoms with Gasteiger partial charge in [-0.15, -0.1) is 0 Å². The number of hydrogen-bond donors (Lipinski definition) is 0. The van der Waals surface area contributed by atoms with Crippen molar-refractivity contribution in [3.63, 3.8) is 0 Å². The number of anilines is 3. The zero-order valence-corrected chi connectivity index (χ0v) is 18.1. The zero-order chi connectivity index (χ0) is 22.0. The summed E-state index contributed by atoms with van der Waals surface area (Å²) in [5.41, 5.74) is 1.16. The fraction of sp³-hybridized carbons (Fsp3) is 0.522. The molecule has 0 spiro atoms. The number of piperidine rings is 1. The van der Waals surface area contributed by atoms with Gasteiger partial charge in [-0.1, -0.05) is 12.1 Å². The van der Waals surface area contributed by atoms with Crippen molar-refractivity contribution in [1.29, 1.82) is 0 Å². The summed E-state index contributed by atoms with van der Waals surface area (Å²) < 4.78 is 10.6. The number of hydrogen-bond acceptors (Lipinski definition) is 8. The molecule has 0 N–H and O–H groups in total. The monoisotopic (exact) mass is 427 g/mol. The third kappa shape index (κ3) is 3.98. The molecule has 1 atom stereocenters. The second-order valence-corrected chi connectivity index (χ2v) is 8.04. The van der Waals surface area contributed by atoms with Crippen molar-refractivity contribution in [2.24, 2.45) is 5.92 Å². The fourth-order valence-electron chi connectivity index (χ4n) is 4.65. The second-order valence-electron chi connectivity index (χ2n) is 8.04. The molecule has 2 fully saturated rings. The van der Waals surface area contributed by atoms with Crippen LogP contribution in [0, 0.1) is 5.92 Å². The molecule has 0 amide bonds. The van der Waals surface area contributed by atoms with Crippen molar-refractivity contribution in [3.05, 3.63) is 44.7 Å². The number of carbonyl (C=O) groups excluding carboxylic acids is 1. The maximum Gasteiger partial charge on any atom is 0.310 e. The Morgan fingerprint density at radius 3 is 2.29 bits per heavy atom. The van der Waals surface area contributed by atoms with Gasteiger partial charge in [-0.25, -0.2) is 0 Å². The molecule has 2 heterocycles. The van der Waals surface area contributed by atoms with E-state index in [1.807, 2.05) is 34.1 Å². The first-order valence-electron chi connectivity index (χ1n) is 10.9. The van der Waals surface area contributed by atoms with Gasteiger partial charge in [0.25, 0.3) is 10.9 Å². The van der Waals surface area contributed by atoms with E-state index >= 15 is 0 Å². The van der Waals surface area contributed by atoms with Gasteiger partial charge in [-0.2, -0.15) is 0 Å². The van der Waals surface area contributed by atoms with Gasteiger partial charge in [-0.3, -0.25) is 14.4 Å². The molecule has 2 aromatic carbocycles. The first-order valence-corrected chi connectivity index (χ1v) is 10.9. The number of piperazine rings is 1. The highest BCUT2D eigenvalue weighted by molar-refractivity contribution is 5.79. The summed E-state index contributed by atoms with van der Waals surface area (Å²) in [5.74, 6) is 0.343. The molecule has 0 bridgehead atoms. The minimum Gasteiger partial charge on any atom is -0.495 e. The molecule has 8 nitrogen and oxygen atoms in total. The highest BCUT2D eigenvalue weighted by atomic mass is 16.5. The summed E-state index contributed by atoms with van der Waals surface area (Å²) in [6.07, 6.45) is 1.54. The first kappa shape index (κ1) is 21.2. The van der Waals surface area contributed by atoms with Crippen molar-refractivity contribution in [2.45, 2.75) is 19.8 Å². The van der Waals surface area contributed by atoms with Crippen LogP contribution < -0.4 is 30.3 Å².